The fraction of sp³-hybridized carbons (Fsp3) is 0.150. The molecule has 0 aliphatic heterocycles. The molecule has 27 heavy (non-hydrogen) atoms. The highest BCUT2D eigenvalue weighted by Gasteiger charge is 2.26. The van der Waals surface area contributed by atoms with Crippen molar-refractivity contribution >= 4 is 21.7 Å². The summed E-state index contributed by atoms with van der Waals surface area (Å²) in [5.41, 5.74) is 1.34. The lowest BCUT2D eigenvalue weighted by Crippen LogP contribution is -2.30. The minimum atomic E-state index is -3.83. The number of hydrogen-bond donors (Lipinski definition) is 0. The molecule has 0 fully saturated rings. The molecular weight excluding hydrogens is 366 g/mol. The van der Waals surface area contributed by atoms with E-state index in [1.807, 2.05) is 19.1 Å². The number of anilines is 1. The van der Waals surface area contributed by atoms with Crippen molar-refractivity contribution in [2.24, 2.45) is 0 Å². The minimum Gasteiger partial charge on any atom is -0.463 e. The van der Waals surface area contributed by atoms with E-state index in [0.717, 1.165) is 5.56 Å². The average Bonchev–Trinajstić information content (AvgIpc) is 3.15. The van der Waals surface area contributed by atoms with Gasteiger partial charge in [0.05, 0.1) is 24.2 Å². The molecule has 140 valence electrons. The van der Waals surface area contributed by atoms with Gasteiger partial charge in [-0.2, -0.15) is 0 Å². The summed E-state index contributed by atoms with van der Waals surface area (Å²) in [7, 11) is -2.58. The first-order valence-electron chi connectivity index (χ1n) is 8.23. The predicted molar refractivity (Wildman–Crippen MR) is 101 cm³/mol. The number of furan rings is 1. The molecule has 1 heterocycles. The Hall–Kier alpha value is -3.06. The number of rotatable bonds is 6. The van der Waals surface area contributed by atoms with Gasteiger partial charge in [-0.15, -0.1) is 0 Å². The number of nitrogens with zero attached hydrogens (tertiary/aromatic N) is 1. The molecule has 6 nitrogen and oxygen atoms in total. The third-order valence-corrected chi connectivity index (χ3v) is 5.74. The summed E-state index contributed by atoms with van der Waals surface area (Å²) >= 11 is 0. The van der Waals surface area contributed by atoms with Gasteiger partial charge in [-0.05, 0) is 48.9 Å². The Morgan fingerprint density at radius 2 is 1.78 bits per heavy atom. The second-order valence-electron chi connectivity index (χ2n) is 5.92. The van der Waals surface area contributed by atoms with Crippen molar-refractivity contribution in [2.45, 2.75) is 18.4 Å². The summed E-state index contributed by atoms with van der Waals surface area (Å²) in [6.07, 6.45) is 0. The van der Waals surface area contributed by atoms with Gasteiger partial charge < -0.3 is 9.15 Å². The number of carbonyl (C=O) groups excluding carboxylic acids is 1. The van der Waals surface area contributed by atoms with Crippen LogP contribution in [0, 0.1) is 6.92 Å². The molecule has 0 N–H and O–H groups in total. The number of carbonyl (C=O) groups is 1. The van der Waals surface area contributed by atoms with Gasteiger partial charge in [-0.25, -0.2) is 13.2 Å². The van der Waals surface area contributed by atoms with Gasteiger partial charge in [0.2, 0.25) is 5.76 Å². The van der Waals surface area contributed by atoms with Gasteiger partial charge in [-0.3, -0.25) is 4.31 Å². The quantitative estimate of drug-likeness (QED) is 0.604. The fourth-order valence-electron chi connectivity index (χ4n) is 2.63. The van der Waals surface area contributed by atoms with Crippen molar-refractivity contribution in [1.82, 2.24) is 0 Å². The van der Waals surface area contributed by atoms with Crippen LogP contribution in [0.5, 0.6) is 0 Å². The van der Waals surface area contributed by atoms with Crippen molar-refractivity contribution in [3.63, 3.8) is 0 Å². The van der Waals surface area contributed by atoms with E-state index in [1.54, 1.807) is 48.5 Å². The molecule has 1 aromatic heterocycles. The first kappa shape index (κ1) is 18.7. The van der Waals surface area contributed by atoms with Crippen molar-refractivity contribution in [2.75, 3.05) is 11.4 Å². The highest BCUT2D eigenvalue weighted by atomic mass is 32.2. The Balaban J connectivity index is 2.02. The SMILES string of the molecule is COC(=O)c1ccc(CN(c2ccccc2)S(=O)(=O)c2cccc(C)c2)o1. The maximum Gasteiger partial charge on any atom is 0.373 e. The monoisotopic (exact) mass is 385 g/mol. The van der Waals surface area contributed by atoms with E-state index in [1.165, 1.54) is 17.5 Å². The summed E-state index contributed by atoms with van der Waals surface area (Å²) in [6.45, 7) is 1.78. The molecule has 0 atom stereocenters. The van der Waals surface area contributed by atoms with Crippen LogP contribution in [0.4, 0.5) is 5.69 Å². The number of aryl methyl sites for hydroxylation is 1. The maximum absolute atomic E-state index is 13.3. The van der Waals surface area contributed by atoms with E-state index in [9.17, 15) is 13.2 Å². The Morgan fingerprint density at radius 3 is 2.44 bits per heavy atom. The van der Waals surface area contributed by atoms with Crippen molar-refractivity contribution in [1.29, 1.82) is 0 Å². The Labute approximate surface area is 158 Å². The molecule has 0 aliphatic rings. The molecule has 0 unspecified atom stereocenters. The largest absolute Gasteiger partial charge is 0.463 e. The summed E-state index contributed by atoms with van der Waals surface area (Å²) in [4.78, 5) is 11.8. The minimum absolute atomic E-state index is 0.0217. The number of ether oxygens (including phenoxy) is 1. The van der Waals surface area contributed by atoms with Crippen LogP contribution in [0.3, 0.4) is 0 Å². The van der Waals surface area contributed by atoms with E-state index in [0.29, 0.717) is 11.4 Å². The van der Waals surface area contributed by atoms with Crippen molar-refractivity contribution in [3.05, 3.63) is 83.8 Å². The van der Waals surface area contributed by atoms with E-state index < -0.39 is 16.0 Å². The fourth-order valence-corrected chi connectivity index (χ4v) is 4.16. The molecule has 0 bridgehead atoms. The zero-order valence-electron chi connectivity index (χ0n) is 15.0. The summed E-state index contributed by atoms with van der Waals surface area (Å²) < 4.78 is 37.9. The second kappa shape index (κ2) is 7.67. The summed E-state index contributed by atoms with van der Waals surface area (Å²) in [6, 6.07) is 18.5. The summed E-state index contributed by atoms with van der Waals surface area (Å²) in [5.74, 6) is -0.266. The van der Waals surface area contributed by atoms with Crippen LogP contribution < -0.4 is 4.31 Å². The lowest BCUT2D eigenvalue weighted by molar-refractivity contribution is 0.0563. The van der Waals surface area contributed by atoms with E-state index in [2.05, 4.69) is 4.74 Å². The van der Waals surface area contributed by atoms with Gasteiger partial charge in [0.15, 0.2) is 0 Å². The van der Waals surface area contributed by atoms with E-state index in [4.69, 9.17) is 4.42 Å². The maximum atomic E-state index is 13.3. The highest BCUT2D eigenvalue weighted by Crippen LogP contribution is 2.27. The Morgan fingerprint density at radius 1 is 1.04 bits per heavy atom. The molecule has 2 aromatic carbocycles. The van der Waals surface area contributed by atoms with Crippen molar-refractivity contribution < 1.29 is 22.4 Å². The normalized spacial score (nSPS) is 11.2. The molecule has 3 rings (SSSR count). The molecule has 3 aromatic rings. The Kier molecular flexibility index (Phi) is 5.32. The van der Waals surface area contributed by atoms with Gasteiger partial charge in [-0.1, -0.05) is 30.3 Å². The predicted octanol–water partition coefficient (Wildman–Crippen LogP) is 3.77. The molecule has 7 heteroatoms. The number of esters is 1. The molecule has 0 aliphatic carbocycles. The highest BCUT2D eigenvalue weighted by molar-refractivity contribution is 7.92. The van der Waals surface area contributed by atoms with Crippen LogP contribution in [-0.2, 0) is 21.3 Å². The standard InChI is InChI=1S/C20H19NO5S/c1-15-7-6-10-18(13-15)27(23,24)21(16-8-4-3-5-9-16)14-17-11-12-19(26-17)20(22)25-2/h3-13H,14H2,1-2H3. The first-order chi connectivity index (χ1) is 12.9. The second-order valence-corrected chi connectivity index (χ2v) is 7.78. The number of para-hydroxylation sites is 1. The third-order valence-electron chi connectivity index (χ3n) is 3.97. The van der Waals surface area contributed by atoms with Crippen LogP contribution in [0.15, 0.2) is 76.0 Å². The smallest absolute Gasteiger partial charge is 0.373 e. The lowest BCUT2D eigenvalue weighted by Gasteiger charge is -2.23. The van der Waals surface area contributed by atoms with Gasteiger partial charge >= 0.3 is 5.97 Å². The van der Waals surface area contributed by atoms with E-state index in [-0.39, 0.29) is 17.2 Å². The van der Waals surface area contributed by atoms with Crippen LogP contribution in [0.25, 0.3) is 0 Å². The number of methoxy groups -OCH3 is 1. The number of hydrogen-bond acceptors (Lipinski definition) is 5. The van der Waals surface area contributed by atoms with E-state index >= 15 is 0 Å². The molecule has 0 spiro atoms. The van der Waals surface area contributed by atoms with Gasteiger partial charge in [0.1, 0.15) is 5.76 Å². The van der Waals surface area contributed by atoms with Crippen LogP contribution in [-0.4, -0.2) is 21.5 Å². The number of benzene rings is 2. The molecule has 0 saturated heterocycles. The topological polar surface area (TPSA) is 76.8 Å². The van der Waals surface area contributed by atoms with Crippen LogP contribution >= 0.6 is 0 Å². The zero-order chi connectivity index (χ0) is 19.4. The molecule has 0 saturated carbocycles. The molecular formula is C20H19NO5S. The van der Waals surface area contributed by atoms with Crippen molar-refractivity contribution in [3.8, 4) is 0 Å². The first-order valence-corrected chi connectivity index (χ1v) is 9.67. The molecule has 0 radical (unpaired) electrons. The lowest BCUT2D eigenvalue weighted by atomic mass is 10.2. The number of sulfonamides is 1. The summed E-state index contributed by atoms with van der Waals surface area (Å²) in [5, 5.41) is 0. The molecule has 0 amide bonds. The Bertz CT molecular complexity index is 1040. The average molecular weight is 385 g/mol. The van der Waals surface area contributed by atoms with Gasteiger partial charge in [0.25, 0.3) is 10.0 Å². The van der Waals surface area contributed by atoms with Crippen LogP contribution in [0.2, 0.25) is 0 Å². The van der Waals surface area contributed by atoms with Crippen LogP contribution in [0.1, 0.15) is 21.9 Å². The third kappa shape index (κ3) is 4.03. The zero-order valence-corrected chi connectivity index (χ0v) is 15.8. The van der Waals surface area contributed by atoms with Gasteiger partial charge in [0, 0.05) is 0 Å².